The molecule has 0 fully saturated rings. The summed E-state index contributed by atoms with van der Waals surface area (Å²) >= 11 is 6.40. The third-order valence-electron chi connectivity index (χ3n) is 3.86. The molecule has 0 unspecified atom stereocenters. The second kappa shape index (κ2) is 8.45. The molecule has 0 aliphatic heterocycles. The molecule has 9 heteroatoms. The number of nitrogens with zero attached hydrogens (tertiary/aromatic N) is 3. The van der Waals surface area contributed by atoms with Crippen molar-refractivity contribution in [2.75, 3.05) is 6.61 Å². The number of sulfonamides is 1. The summed E-state index contributed by atoms with van der Waals surface area (Å²) in [6, 6.07) is 15.5. The number of nitrogens with one attached hydrogen (secondary N) is 1. The quantitative estimate of drug-likeness (QED) is 0.469. The van der Waals surface area contributed by atoms with Crippen LogP contribution in [0, 0.1) is 6.92 Å². The third-order valence-corrected chi connectivity index (χ3v) is 5.46. The van der Waals surface area contributed by atoms with Crippen LogP contribution in [0.4, 0.5) is 0 Å². The molecule has 3 rings (SSSR count). The molecule has 0 atom stereocenters. The van der Waals surface area contributed by atoms with Crippen molar-refractivity contribution in [1.29, 1.82) is 0 Å². The van der Waals surface area contributed by atoms with Crippen molar-refractivity contribution in [2.45, 2.75) is 18.7 Å². The molecular weight excluding hydrogens is 400 g/mol. The first-order chi connectivity index (χ1) is 13.4. The molecule has 0 aliphatic carbocycles. The van der Waals surface area contributed by atoms with Gasteiger partial charge < -0.3 is 4.74 Å². The van der Waals surface area contributed by atoms with Gasteiger partial charge in [0.1, 0.15) is 10.9 Å². The van der Waals surface area contributed by atoms with Gasteiger partial charge >= 0.3 is 0 Å². The molecular formula is C19H19ClN4O3S. The van der Waals surface area contributed by atoms with Crippen LogP contribution in [-0.4, -0.2) is 31.0 Å². The van der Waals surface area contributed by atoms with Crippen molar-refractivity contribution in [3.8, 4) is 11.4 Å². The maximum absolute atomic E-state index is 12.4. The summed E-state index contributed by atoms with van der Waals surface area (Å²) < 4.78 is 31.6. The Labute approximate surface area is 168 Å². The first-order valence-corrected chi connectivity index (χ1v) is 10.4. The van der Waals surface area contributed by atoms with Gasteiger partial charge in [-0.2, -0.15) is 18.6 Å². The zero-order valence-electron chi connectivity index (χ0n) is 15.3. The number of ether oxygens (including phenoxy) is 1. The zero-order chi connectivity index (χ0) is 20.1. The summed E-state index contributed by atoms with van der Waals surface area (Å²) in [6.07, 6.45) is 1.34. The summed E-state index contributed by atoms with van der Waals surface area (Å²) in [5.74, 6) is 0.598. The van der Waals surface area contributed by atoms with Crippen LogP contribution in [0.2, 0.25) is 5.15 Å². The first kappa shape index (κ1) is 19.9. The minimum absolute atomic E-state index is 0.0795. The molecule has 0 saturated heterocycles. The summed E-state index contributed by atoms with van der Waals surface area (Å²) in [6.45, 7) is 4.13. The second-order valence-electron chi connectivity index (χ2n) is 5.79. The number of hydrogen-bond acceptors (Lipinski definition) is 5. The zero-order valence-corrected chi connectivity index (χ0v) is 16.9. The monoisotopic (exact) mass is 418 g/mol. The molecule has 1 heterocycles. The van der Waals surface area contributed by atoms with Crippen LogP contribution in [0.3, 0.4) is 0 Å². The number of para-hydroxylation sites is 1. The first-order valence-electron chi connectivity index (χ1n) is 8.50. The third kappa shape index (κ3) is 4.35. The molecule has 0 bridgehead atoms. The Morgan fingerprint density at radius 1 is 1.18 bits per heavy atom. The maximum Gasteiger partial charge on any atom is 0.276 e. The van der Waals surface area contributed by atoms with Crippen molar-refractivity contribution >= 4 is 27.8 Å². The van der Waals surface area contributed by atoms with Crippen molar-refractivity contribution in [1.82, 2.24) is 14.6 Å². The van der Waals surface area contributed by atoms with E-state index in [4.69, 9.17) is 16.3 Å². The SMILES string of the molecule is CCOc1ccc(S(=O)(=O)NN=Cc2c(C)nn(-c3ccccc3)c2Cl)cc1. The predicted octanol–water partition coefficient (Wildman–Crippen LogP) is 3.55. The van der Waals surface area contributed by atoms with E-state index in [1.54, 1.807) is 23.7 Å². The highest BCUT2D eigenvalue weighted by Gasteiger charge is 2.15. The Balaban J connectivity index is 1.78. The second-order valence-corrected chi connectivity index (χ2v) is 7.81. The topological polar surface area (TPSA) is 85.6 Å². The Morgan fingerprint density at radius 3 is 2.50 bits per heavy atom. The summed E-state index contributed by atoms with van der Waals surface area (Å²) in [4.78, 5) is 2.26. The molecule has 2 aromatic carbocycles. The molecule has 0 saturated carbocycles. The van der Waals surface area contributed by atoms with Gasteiger partial charge in [-0.3, -0.25) is 0 Å². The van der Waals surface area contributed by atoms with Crippen molar-refractivity contribution in [2.24, 2.45) is 5.10 Å². The lowest BCUT2D eigenvalue weighted by atomic mass is 10.3. The number of halogens is 1. The minimum atomic E-state index is -3.81. The van der Waals surface area contributed by atoms with Gasteiger partial charge in [-0.1, -0.05) is 29.8 Å². The van der Waals surface area contributed by atoms with Gasteiger partial charge in [0.2, 0.25) is 0 Å². The molecule has 0 radical (unpaired) electrons. The van der Waals surface area contributed by atoms with Crippen molar-refractivity contribution in [3.63, 3.8) is 0 Å². The fourth-order valence-electron chi connectivity index (χ4n) is 2.49. The Hall–Kier alpha value is -2.84. The highest BCUT2D eigenvalue weighted by Crippen LogP contribution is 2.22. The maximum atomic E-state index is 12.4. The molecule has 1 N–H and O–H groups in total. The van der Waals surface area contributed by atoms with Crippen LogP contribution in [0.1, 0.15) is 18.2 Å². The van der Waals surface area contributed by atoms with Gasteiger partial charge in [0.25, 0.3) is 10.0 Å². The van der Waals surface area contributed by atoms with Gasteiger partial charge in [0, 0.05) is 0 Å². The molecule has 0 spiro atoms. The van der Waals surface area contributed by atoms with Gasteiger partial charge in [-0.15, -0.1) is 0 Å². The van der Waals surface area contributed by atoms with E-state index < -0.39 is 10.0 Å². The van der Waals surface area contributed by atoms with E-state index >= 15 is 0 Å². The van der Waals surface area contributed by atoms with E-state index in [0.29, 0.717) is 28.8 Å². The van der Waals surface area contributed by atoms with E-state index in [-0.39, 0.29) is 4.90 Å². The minimum Gasteiger partial charge on any atom is -0.494 e. The number of aryl methyl sites for hydroxylation is 1. The van der Waals surface area contributed by atoms with Crippen LogP contribution in [0.5, 0.6) is 5.75 Å². The highest BCUT2D eigenvalue weighted by atomic mass is 35.5. The number of benzene rings is 2. The summed E-state index contributed by atoms with van der Waals surface area (Å²) in [7, 11) is -3.81. The van der Waals surface area contributed by atoms with E-state index in [1.165, 1.54) is 18.3 Å². The molecule has 7 nitrogen and oxygen atoms in total. The Kier molecular flexibility index (Phi) is 6.01. The van der Waals surface area contributed by atoms with E-state index in [1.807, 2.05) is 37.3 Å². The largest absolute Gasteiger partial charge is 0.494 e. The standard InChI is InChI=1S/C19H19ClN4O3S/c1-3-27-16-9-11-17(12-10-16)28(25,26)23-21-13-18-14(2)22-24(19(18)20)15-7-5-4-6-8-15/h4-13,23H,3H2,1-2H3. The molecule has 146 valence electrons. The molecule has 3 aromatic rings. The highest BCUT2D eigenvalue weighted by molar-refractivity contribution is 7.89. The van der Waals surface area contributed by atoms with Crippen LogP contribution < -0.4 is 9.57 Å². The molecule has 28 heavy (non-hydrogen) atoms. The molecule has 0 aliphatic rings. The van der Waals surface area contributed by atoms with Gasteiger partial charge in [-0.25, -0.2) is 9.51 Å². The van der Waals surface area contributed by atoms with Gasteiger partial charge in [-0.05, 0) is 50.2 Å². The Bertz CT molecular complexity index is 1080. The van der Waals surface area contributed by atoms with Crippen molar-refractivity contribution in [3.05, 3.63) is 71.0 Å². The lowest BCUT2D eigenvalue weighted by molar-refractivity contribution is 0.340. The summed E-state index contributed by atoms with van der Waals surface area (Å²) in [5.41, 5.74) is 1.95. The van der Waals surface area contributed by atoms with Crippen LogP contribution in [-0.2, 0) is 10.0 Å². The normalized spacial score (nSPS) is 11.7. The summed E-state index contributed by atoms with van der Waals surface area (Å²) in [5, 5.41) is 8.57. The lowest BCUT2D eigenvalue weighted by Gasteiger charge is -2.05. The average Bonchev–Trinajstić information content (AvgIpc) is 2.97. The number of rotatable bonds is 7. The van der Waals surface area contributed by atoms with E-state index in [2.05, 4.69) is 15.0 Å². The fourth-order valence-corrected chi connectivity index (χ4v) is 3.60. The van der Waals surface area contributed by atoms with Crippen LogP contribution in [0.15, 0.2) is 64.6 Å². The number of hydrazone groups is 1. The fraction of sp³-hybridized carbons (Fsp3) is 0.158. The van der Waals surface area contributed by atoms with Gasteiger partial charge in [0.05, 0.1) is 34.7 Å². The molecule has 1 aromatic heterocycles. The number of hydrogen-bond donors (Lipinski definition) is 1. The smallest absolute Gasteiger partial charge is 0.276 e. The average molecular weight is 419 g/mol. The van der Waals surface area contributed by atoms with E-state index in [9.17, 15) is 8.42 Å². The molecule has 0 amide bonds. The number of aromatic nitrogens is 2. The van der Waals surface area contributed by atoms with Crippen molar-refractivity contribution < 1.29 is 13.2 Å². The lowest BCUT2D eigenvalue weighted by Crippen LogP contribution is -2.18. The van der Waals surface area contributed by atoms with Crippen LogP contribution in [0.25, 0.3) is 5.69 Å². The van der Waals surface area contributed by atoms with Gasteiger partial charge in [0.15, 0.2) is 0 Å². The van der Waals surface area contributed by atoms with E-state index in [0.717, 1.165) is 5.69 Å². The predicted molar refractivity (Wildman–Crippen MR) is 109 cm³/mol. The Morgan fingerprint density at radius 2 is 1.86 bits per heavy atom. The van der Waals surface area contributed by atoms with Crippen LogP contribution >= 0.6 is 11.6 Å².